The summed E-state index contributed by atoms with van der Waals surface area (Å²) in [7, 11) is 15.6. The van der Waals surface area contributed by atoms with E-state index in [-0.39, 0.29) is 0 Å². The van der Waals surface area contributed by atoms with E-state index in [4.69, 9.17) is 17.0 Å². The van der Waals surface area contributed by atoms with E-state index in [1.54, 1.807) is 0 Å². The van der Waals surface area contributed by atoms with Crippen molar-refractivity contribution in [2.45, 2.75) is 58.9 Å². The van der Waals surface area contributed by atoms with Crippen LogP contribution in [-0.4, -0.2) is 5.92 Å². The van der Waals surface area contributed by atoms with Gasteiger partial charge in [0.2, 0.25) is 0 Å². The van der Waals surface area contributed by atoms with Crippen molar-refractivity contribution in [2.24, 2.45) is 0 Å². The first kappa shape index (κ1) is 22.8. The van der Waals surface area contributed by atoms with Crippen molar-refractivity contribution >= 4 is 35.1 Å². The summed E-state index contributed by atoms with van der Waals surface area (Å²) in [6, 6.07) is 17.6. The monoisotopic (exact) mass is 533 g/mol. The first-order valence-corrected chi connectivity index (χ1v) is 28.1. The van der Waals surface area contributed by atoms with E-state index < -0.39 is 21.5 Å². The summed E-state index contributed by atoms with van der Waals surface area (Å²) in [6.07, 6.45) is 12.7. The van der Waals surface area contributed by atoms with Crippen LogP contribution in [0.15, 0.2) is 60.7 Å². The molecule has 3 atom stereocenters. The molecule has 30 heavy (non-hydrogen) atoms. The van der Waals surface area contributed by atoms with Gasteiger partial charge in [-0.15, -0.1) is 0 Å². The molecule has 0 radical (unpaired) electrons. The standard InChI is InChI=1S/C14H17.C10H9.C2H7Si.2ClH.Zr/c1-2-3-4-7-12-10-11-13-8-5-6-9-14(12)13;1-8-6-7-9-4-2-3-5-10(8)9;1-3-2;;;/h3,5-6,8-12H,2,4,7H2,1H3;2-8H,1H2;3H,1-2H3;2*1H;/q;;;;;+2/p-2. The Kier molecular flexibility index (Phi) is 6.72. The molecule has 0 fully saturated rings. The van der Waals surface area contributed by atoms with Crippen molar-refractivity contribution in [1.29, 1.82) is 0 Å². The molecule has 2 aliphatic rings. The Hall–Kier alpha value is -0.400. The van der Waals surface area contributed by atoms with Crippen molar-refractivity contribution in [3.05, 3.63) is 82.9 Å². The van der Waals surface area contributed by atoms with Gasteiger partial charge in [-0.2, -0.15) is 0 Å². The van der Waals surface area contributed by atoms with Crippen LogP contribution in [0.1, 0.15) is 60.3 Å². The van der Waals surface area contributed by atoms with Crippen LogP contribution in [-0.2, 0) is 15.6 Å². The van der Waals surface area contributed by atoms with Crippen molar-refractivity contribution in [1.82, 2.24) is 0 Å². The molecule has 0 aromatic heterocycles. The number of rotatable bonds is 8. The SMILES string of the molecule is CC[CH](CCC1C=Cc2ccccc21)[Zr]([Cl])([Cl])([CH2]C1C=Cc2ccccc21)[SiH](C)C. The van der Waals surface area contributed by atoms with Gasteiger partial charge in [0.05, 0.1) is 0 Å². The van der Waals surface area contributed by atoms with E-state index in [0.29, 0.717) is 15.5 Å². The van der Waals surface area contributed by atoms with E-state index in [2.05, 4.69) is 92.9 Å². The molecular weight excluding hydrogens is 503 g/mol. The van der Waals surface area contributed by atoms with Crippen LogP contribution in [0.5, 0.6) is 0 Å². The fourth-order valence-electron chi connectivity index (χ4n) is 5.67. The predicted molar refractivity (Wildman–Crippen MR) is 135 cm³/mol. The van der Waals surface area contributed by atoms with Crippen LogP contribution < -0.4 is 0 Å². The molecule has 0 aliphatic heterocycles. The maximum absolute atomic E-state index is 7.81. The summed E-state index contributed by atoms with van der Waals surface area (Å²) < 4.78 is 1.53. The third kappa shape index (κ3) is 4.15. The zero-order valence-electron chi connectivity index (χ0n) is 18.3. The first-order chi connectivity index (χ1) is 14.3. The van der Waals surface area contributed by atoms with Crippen LogP contribution in [0, 0.1) is 0 Å². The fraction of sp³-hybridized carbons (Fsp3) is 0.385. The second-order valence-electron chi connectivity index (χ2n) is 9.58. The molecule has 0 saturated carbocycles. The van der Waals surface area contributed by atoms with Gasteiger partial charge in [0.25, 0.3) is 0 Å². The molecule has 2 aromatic rings. The van der Waals surface area contributed by atoms with Crippen molar-refractivity contribution in [3.8, 4) is 0 Å². The van der Waals surface area contributed by atoms with Crippen LogP contribution in [0.25, 0.3) is 12.2 Å². The number of halogens is 2. The molecule has 159 valence electrons. The molecule has 0 spiro atoms. The summed E-state index contributed by atoms with van der Waals surface area (Å²) in [5, 5.41) is 0. The van der Waals surface area contributed by atoms with Gasteiger partial charge in [-0.05, 0) is 0 Å². The number of benzene rings is 2. The topological polar surface area (TPSA) is 0 Å². The first-order valence-electron chi connectivity index (χ1n) is 11.4. The van der Waals surface area contributed by atoms with Crippen molar-refractivity contribution < 1.29 is 15.6 Å². The molecule has 0 saturated heterocycles. The maximum atomic E-state index is 7.81. The number of allylic oxidation sites excluding steroid dienone is 2. The van der Waals surface area contributed by atoms with E-state index in [1.807, 2.05) is 0 Å². The van der Waals surface area contributed by atoms with Crippen LogP contribution in [0.4, 0.5) is 0 Å². The molecule has 0 bridgehead atoms. The third-order valence-electron chi connectivity index (χ3n) is 7.75. The second-order valence-corrected chi connectivity index (χ2v) is 53.9. The van der Waals surface area contributed by atoms with Gasteiger partial charge in [0.15, 0.2) is 0 Å². The molecule has 0 N–H and O–H groups in total. The normalized spacial score (nSPS) is 22.0. The summed E-state index contributed by atoms with van der Waals surface area (Å²) in [4.78, 5) is 0. The zero-order valence-corrected chi connectivity index (χ0v) is 23.4. The van der Waals surface area contributed by atoms with Crippen LogP contribution >= 0.6 is 17.0 Å². The van der Waals surface area contributed by atoms with Crippen molar-refractivity contribution in [3.63, 3.8) is 0 Å². The second kappa shape index (κ2) is 8.86. The van der Waals surface area contributed by atoms with Gasteiger partial charge in [0.1, 0.15) is 0 Å². The zero-order chi connectivity index (χ0) is 21.4. The Bertz CT molecular complexity index is 979. The Morgan fingerprint density at radius 2 is 1.40 bits per heavy atom. The quantitative estimate of drug-likeness (QED) is 0.296. The van der Waals surface area contributed by atoms with Gasteiger partial charge in [-0.3, -0.25) is 0 Å². The van der Waals surface area contributed by atoms with Crippen LogP contribution in [0.3, 0.4) is 0 Å². The molecule has 0 nitrogen and oxygen atoms in total. The van der Waals surface area contributed by atoms with Gasteiger partial charge in [-0.25, -0.2) is 0 Å². The Labute approximate surface area is 191 Å². The van der Waals surface area contributed by atoms with Gasteiger partial charge >= 0.3 is 192 Å². The number of hydrogen-bond donors (Lipinski definition) is 0. The average Bonchev–Trinajstić information content (AvgIpc) is 3.33. The van der Waals surface area contributed by atoms with E-state index in [1.165, 1.54) is 22.3 Å². The summed E-state index contributed by atoms with van der Waals surface area (Å²) in [5.41, 5.74) is 5.62. The summed E-state index contributed by atoms with van der Waals surface area (Å²) >= 11 is -3.94. The molecule has 3 unspecified atom stereocenters. The minimum atomic E-state index is -3.94. The third-order valence-corrected chi connectivity index (χ3v) is 61.4. The molecule has 2 aliphatic carbocycles. The molecule has 0 amide bonds. The summed E-state index contributed by atoms with van der Waals surface area (Å²) in [5.74, 6) is -0.287. The molecule has 4 rings (SSSR count). The van der Waals surface area contributed by atoms with Gasteiger partial charge < -0.3 is 0 Å². The van der Waals surface area contributed by atoms with Gasteiger partial charge in [-0.1, -0.05) is 0 Å². The van der Waals surface area contributed by atoms with E-state index >= 15 is 0 Å². The Morgan fingerprint density at radius 3 is 1.97 bits per heavy atom. The molecule has 4 heteroatoms. The van der Waals surface area contributed by atoms with E-state index in [9.17, 15) is 0 Å². The average molecular weight is 536 g/mol. The van der Waals surface area contributed by atoms with Crippen LogP contribution in [0.2, 0.25) is 20.8 Å². The Morgan fingerprint density at radius 1 is 0.867 bits per heavy atom. The summed E-state index contributed by atoms with van der Waals surface area (Å²) in [6.45, 7) is 7.16. The van der Waals surface area contributed by atoms with Gasteiger partial charge in [0, 0.05) is 0 Å². The van der Waals surface area contributed by atoms with E-state index in [0.717, 1.165) is 23.4 Å². The fourth-order valence-corrected chi connectivity index (χ4v) is 34.1. The number of fused-ring (bicyclic) bond motifs is 2. The number of hydrogen-bond acceptors (Lipinski definition) is 0. The molecule has 0 heterocycles. The minimum absolute atomic E-state index is 0.401. The molecular formula is C26H33Cl2SiZr. The Balaban J connectivity index is 1.55. The molecule has 2 aromatic carbocycles. The van der Waals surface area contributed by atoms with Crippen molar-refractivity contribution in [2.75, 3.05) is 0 Å². The predicted octanol–water partition coefficient (Wildman–Crippen LogP) is 8.99.